The Morgan fingerprint density at radius 2 is 2.04 bits per heavy atom. The van der Waals surface area contributed by atoms with E-state index in [1.54, 1.807) is 12.1 Å². The number of benzene rings is 2. The largest absolute Gasteiger partial charge is 0.312 e. The summed E-state index contributed by atoms with van der Waals surface area (Å²) in [6, 6.07) is 11.6. The second-order valence-electron chi connectivity index (χ2n) is 6.31. The van der Waals surface area contributed by atoms with Crippen molar-refractivity contribution in [3.8, 4) is 0 Å². The Labute approximate surface area is 153 Å². The van der Waals surface area contributed by atoms with Crippen LogP contribution in [0.5, 0.6) is 0 Å². The molecule has 0 aliphatic carbocycles. The number of carbonyl (C=O) groups excluding carboxylic acids is 2. The highest BCUT2D eigenvalue weighted by Gasteiger charge is 2.35. The van der Waals surface area contributed by atoms with Crippen LogP contribution in [0.2, 0.25) is 0 Å². The molecule has 132 valence electrons. The number of amides is 2. The number of nitrogens with zero attached hydrogens (tertiary/aromatic N) is 2. The topological polar surface area (TPSA) is 62.3 Å². The predicted molar refractivity (Wildman–Crippen MR) is 99.8 cm³/mol. The number of nitrogens with one attached hydrogen (secondary N) is 1. The van der Waals surface area contributed by atoms with Gasteiger partial charge >= 0.3 is 0 Å². The number of para-hydroxylation sites is 1. The number of rotatable bonds is 3. The summed E-state index contributed by atoms with van der Waals surface area (Å²) in [4.78, 5) is 30.8. The lowest BCUT2D eigenvalue weighted by atomic mass is 10.1. The van der Waals surface area contributed by atoms with Crippen LogP contribution in [0.1, 0.15) is 12.0 Å². The molecule has 0 bridgehead atoms. The van der Waals surface area contributed by atoms with E-state index in [2.05, 4.69) is 10.3 Å². The van der Waals surface area contributed by atoms with Crippen LogP contribution in [0.25, 0.3) is 10.2 Å². The third kappa shape index (κ3) is 3.06. The summed E-state index contributed by atoms with van der Waals surface area (Å²) in [6.07, 6.45) is 0.132. The molecule has 1 N–H and O–H groups in total. The van der Waals surface area contributed by atoms with Crippen LogP contribution in [0.3, 0.4) is 0 Å². The summed E-state index contributed by atoms with van der Waals surface area (Å²) in [5.74, 6) is -1.18. The van der Waals surface area contributed by atoms with Gasteiger partial charge in [-0.3, -0.25) is 9.59 Å². The van der Waals surface area contributed by atoms with E-state index in [0.29, 0.717) is 10.8 Å². The summed E-state index contributed by atoms with van der Waals surface area (Å²) in [7, 11) is 0. The second kappa shape index (κ2) is 6.49. The molecular weight excluding hydrogens is 353 g/mol. The number of halogens is 1. The van der Waals surface area contributed by atoms with Crippen LogP contribution in [-0.2, 0) is 9.59 Å². The zero-order valence-electron chi connectivity index (χ0n) is 14.0. The molecule has 1 saturated heterocycles. The first-order valence-electron chi connectivity index (χ1n) is 8.24. The molecule has 1 fully saturated rings. The number of thiazole rings is 1. The van der Waals surface area contributed by atoms with Crippen LogP contribution >= 0.6 is 11.3 Å². The number of aromatic nitrogens is 1. The lowest BCUT2D eigenvalue weighted by Crippen LogP contribution is -2.28. The van der Waals surface area contributed by atoms with Crippen molar-refractivity contribution >= 4 is 44.2 Å². The minimum Gasteiger partial charge on any atom is -0.312 e. The van der Waals surface area contributed by atoms with Crippen molar-refractivity contribution in [1.82, 2.24) is 4.98 Å². The summed E-state index contributed by atoms with van der Waals surface area (Å²) in [5, 5.41) is 3.37. The lowest BCUT2D eigenvalue weighted by molar-refractivity contribution is -0.122. The fourth-order valence-electron chi connectivity index (χ4n) is 3.10. The van der Waals surface area contributed by atoms with E-state index in [1.165, 1.54) is 28.4 Å². The van der Waals surface area contributed by atoms with Crippen LogP contribution in [0.4, 0.5) is 15.2 Å². The van der Waals surface area contributed by atoms with E-state index in [-0.39, 0.29) is 30.6 Å². The van der Waals surface area contributed by atoms with Gasteiger partial charge in [-0.25, -0.2) is 9.37 Å². The third-order valence-electron chi connectivity index (χ3n) is 4.48. The van der Waals surface area contributed by atoms with Gasteiger partial charge in [0.15, 0.2) is 5.13 Å². The Kier molecular flexibility index (Phi) is 4.16. The quantitative estimate of drug-likeness (QED) is 0.765. The molecule has 1 aromatic heterocycles. The van der Waals surface area contributed by atoms with Crippen LogP contribution in [0.15, 0.2) is 42.5 Å². The number of hydrogen-bond acceptors (Lipinski definition) is 4. The van der Waals surface area contributed by atoms with Crippen LogP contribution < -0.4 is 10.2 Å². The van der Waals surface area contributed by atoms with Gasteiger partial charge in [0.05, 0.1) is 16.1 Å². The smallest absolute Gasteiger partial charge is 0.231 e. The van der Waals surface area contributed by atoms with Gasteiger partial charge in [-0.15, -0.1) is 0 Å². The number of anilines is 2. The summed E-state index contributed by atoms with van der Waals surface area (Å²) in [5.41, 5.74) is 2.53. The van der Waals surface area contributed by atoms with Gasteiger partial charge in [-0.2, -0.15) is 0 Å². The monoisotopic (exact) mass is 369 g/mol. The van der Waals surface area contributed by atoms with E-state index in [9.17, 15) is 14.0 Å². The molecule has 0 saturated carbocycles. The highest BCUT2D eigenvalue weighted by atomic mass is 32.1. The Morgan fingerprint density at radius 3 is 2.77 bits per heavy atom. The van der Waals surface area contributed by atoms with Crippen molar-refractivity contribution in [3.05, 3.63) is 53.8 Å². The maximum Gasteiger partial charge on any atom is 0.231 e. The molecule has 2 aromatic carbocycles. The molecule has 26 heavy (non-hydrogen) atoms. The van der Waals surface area contributed by atoms with Gasteiger partial charge < -0.3 is 10.2 Å². The van der Waals surface area contributed by atoms with E-state index in [4.69, 9.17) is 0 Å². The molecule has 7 heteroatoms. The first kappa shape index (κ1) is 16.7. The number of aryl methyl sites for hydroxylation is 1. The van der Waals surface area contributed by atoms with E-state index < -0.39 is 5.92 Å². The third-order valence-corrected chi connectivity index (χ3v) is 5.42. The Hall–Kier alpha value is -2.80. The number of hydrogen-bond donors (Lipinski definition) is 1. The summed E-state index contributed by atoms with van der Waals surface area (Å²) in [6.45, 7) is 2.25. The van der Waals surface area contributed by atoms with Gasteiger partial charge in [-0.1, -0.05) is 23.5 Å². The highest BCUT2D eigenvalue weighted by Crippen LogP contribution is 2.30. The lowest BCUT2D eigenvalue weighted by Gasteiger charge is -2.16. The van der Waals surface area contributed by atoms with Gasteiger partial charge in [-0.05, 0) is 42.8 Å². The minimum atomic E-state index is -0.458. The second-order valence-corrected chi connectivity index (χ2v) is 7.34. The van der Waals surface area contributed by atoms with E-state index in [0.717, 1.165) is 15.8 Å². The van der Waals surface area contributed by atoms with Gasteiger partial charge in [0.1, 0.15) is 5.82 Å². The van der Waals surface area contributed by atoms with Crippen molar-refractivity contribution in [1.29, 1.82) is 0 Å². The fraction of sp³-hybridized carbons (Fsp3) is 0.211. The molecule has 5 nitrogen and oxygen atoms in total. The van der Waals surface area contributed by atoms with Gasteiger partial charge in [0, 0.05) is 18.7 Å². The molecule has 2 heterocycles. The van der Waals surface area contributed by atoms with Crippen molar-refractivity contribution in [2.45, 2.75) is 13.3 Å². The minimum absolute atomic E-state index is 0.132. The predicted octanol–water partition coefficient (Wildman–Crippen LogP) is 3.74. The maximum absolute atomic E-state index is 13.1. The Balaban J connectivity index is 1.49. The van der Waals surface area contributed by atoms with Gasteiger partial charge in [0.25, 0.3) is 0 Å². The van der Waals surface area contributed by atoms with Crippen molar-refractivity contribution in [2.24, 2.45) is 5.92 Å². The molecular formula is C19H16FN3O2S. The Morgan fingerprint density at radius 1 is 1.27 bits per heavy atom. The zero-order valence-corrected chi connectivity index (χ0v) is 14.8. The molecule has 1 atom stereocenters. The average molecular weight is 369 g/mol. The van der Waals surface area contributed by atoms with Crippen molar-refractivity contribution in [2.75, 3.05) is 16.8 Å². The van der Waals surface area contributed by atoms with Crippen LogP contribution in [0, 0.1) is 18.7 Å². The number of fused-ring (bicyclic) bond motifs is 1. The molecule has 4 rings (SSSR count). The summed E-state index contributed by atoms with van der Waals surface area (Å²) < 4.78 is 14.1. The molecule has 1 aliphatic heterocycles. The van der Waals surface area contributed by atoms with Crippen molar-refractivity contribution in [3.63, 3.8) is 0 Å². The average Bonchev–Trinajstić information content (AvgIpc) is 3.20. The van der Waals surface area contributed by atoms with E-state index >= 15 is 0 Å². The first-order chi connectivity index (χ1) is 12.5. The maximum atomic E-state index is 13.1. The fourth-order valence-corrected chi connectivity index (χ4v) is 4.05. The normalized spacial score (nSPS) is 17.1. The molecule has 2 amide bonds. The molecule has 3 aromatic rings. The summed E-state index contributed by atoms with van der Waals surface area (Å²) >= 11 is 1.41. The SMILES string of the molecule is Cc1cccc2sc(NC(=O)[C@H]3CC(=O)N(c4ccc(F)cc4)C3)nc12. The van der Waals surface area contributed by atoms with Crippen LogP contribution in [-0.4, -0.2) is 23.3 Å². The molecule has 0 unspecified atom stereocenters. The molecule has 1 aliphatic rings. The van der Waals surface area contributed by atoms with Gasteiger partial charge in [0.2, 0.25) is 11.8 Å². The molecule has 0 spiro atoms. The van der Waals surface area contributed by atoms with E-state index in [1.807, 2.05) is 25.1 Å². The first-order valence-corrected chi connectivity index (χ1v) is 9.06. The standard InChI is InChI=1S/C19H16FN3O2S/c1-11-3-2-4-15-17(11)21-19(26-15)22-18(25)12-9-16(24)23(10-12)14-7-5-13(20)6-8-14/h2-8,12H,9-10H2,1H3,(H,21,22,25)/t12-/m0/s1. The van der Waals surface area contributed by atoms with Crippen molar-refractivity contribution < 1.29 is 14.0 Å². The Bertz CT molecular complexity index is 1000. The molecule has 0 radical (unpaired) electrons. The zero-order chi connectivity index (χ0) is 18.3. The highest BCUT2D eigenvalue weighted by molar-refractivity contribution is 7.22. The number of carbonyl (C=O) groups is 2.